The zero-order valence-electron chi connectivity index (χ0n) is 10.4. The highest BCUT2D eigenvalue weighted by atomic mass is 15.0. The molecule has 0 fully saturated rings. The highest BCUT2D eigenvalue weighted by Gasteiger charge is 1.99. The summed E-state index contributed by atoms with van der Waals surface area (Å²) in [6.45, 7) is 4.50. The molecule has 1 N–H and O–H groups in total. The third kappa shape index (κ3) is 3.05. The summed E-state index contributed by atoms with van der Waals surface area (Å²) in [6.07, 6.45) is 0. The standard InChI is InChI=1S/C14H14N4/c1-10-7-14(18-11(2)17-10)16-9-13-5-3-12(8-15)4-6-13/h3-7H,9H2,1-2H3,(H,16,17,18). The summed E-state index contributed by atoms with van der Waals surface area (Å²) in [7, 11) is 0. The Balaban J connectivity index is 2.04. The molecular formula is C14H14N4. The van der Waals surface area contributed by atoms with Gasteiger partial charge in [0.05, 0.1) is 11.6 Å². The van der Waals surface area contributed by atoms with E-state index in [0.717, 1.165) is 22.9 Å². The van der Waals surface area contributed by atoms with Crippen molar-refractivity contribution in [3.05, 3.63) is 53.0 Å². The summed E-state index contributed by atoms with van der Waals surface area (Å²) in [4.78, 5) is 8.53. The average Bonchev–Trinajstić information content (AvgIpc) is 2.36. The number of aromatic nitrogens is 2. The monoisotopic (exact) mass is 238 g/mol. The van der Waals surface area contributed by atoms with E-state index in [2.05, 4.69) is 21.4 Å². The number of rotatable bonds is 3. The Kier molecular flexibility index (Phi) is 3.54. The maximum absolute atomic E-state index is 8.71. The van der Waals surface area contributed by atoms with Crippen LogP contribution in [0.4, 0.5) is 5.82 Å². The number of nitrogens with one attached hydrogen (secondary N) is 1. The van der Waals surface area contributed by atoms with Crippen LogP contribution in [-0.2, 0) is 6.54 Å². The fourth-order valence-corrected chi connectivity index (χ4v) is 1.70. The summed E-state index contributed by atoms with van der Waals surface area (Å²) in [5.41, 5.74) is 2.74. The van der Waals surface area contributed by atoms with Crippen molar-refractivity contribution in [2.75, 3.05) is 5.32 Å². The number of hydrogen-bond donors (Lipinski definition) is 1. The highest BCUT2D eigenvalue weighted by molar-refractivity contribution is 5.38. The highest BCUT2D eigenvalue weighted by Crippen LogP contribution is 2.09. The predicted molar refractivity (Wildman–Crippen MR) is 70.0 cm³/mol. The van der Waals surface area contributed by atoms with Gasteiger partial charge in [-0.2, -0.15) is 5.26 Å². The van der Waals surface area contributed by atoms with Crippen molar-refractivity contribution in [3.8, 4) is 6.07 Å². The second-order valence-electron chi connectivity index (χ2n) is 4.10. The van der Waals surface area contributed by atoms with E-state index >= 15 is 0 Å². The van der Waals surface area contributed by atoms with E-state index in [9.17, 15) is 0 Å². The first-order valence-corrected chi connectivity index (χ1v) is 5.72. The van der Waals surface area contributed by atoms with Crippen LogP contribution in [0.25, 0.3) is 0 Å². The summed E-state index contributed by atoms with van der Waals surface area (Å²) >= 11 is 0. The molecule has 0 amide bonds. The van der Waals surface area contributed by atoms with Gasteiger partial charge in [-0.15, -0.1) is 0 Å². The maximum atomic E-state index is 8.71. The number of nitrogens with zero attached hydrogens (tertiary/aromatic N) is 3. The Morgan fingerprint density at radius 3 is 2.50 bits per heavy atom. The van der Waals surface area contributed by atoms with Crippen molar-refractivity contribution in [3.63, 3.8) is 0 Å². The van der Waals surface area contributed by atoms with E-state index in [1.807, 2.05) is 44.2 Å². The summed E-state index contributed by atoms with van der Waals surface area (Å²) < 4.78 is 0. The summed E-state index contributed by atoms with van der Waals surface area (Å²) in [5.74, 6) is 1.58. The van der Waals surface area contributed by atoms with Gasteiger partial charge >= 0.3 is 0 Å². The second-order valence-corrected chi connectivity index (χ2v) is 4.10. The van der Waals surface area contributed by atoms with E-state index in [0.29, 0.717) is 12.1 Å². The third-order valence-corrected chi connectivity index (χ3v) is 2.52. The van der Waals surface area contributed by atoms with E-state index in [1.165, 1.54) is 0 Å². The number of aryl methyl sites for hydroxylation is 2. The van der Waals surface area contributed by atoms with Crippen molar-refractivity contribution in [1.29, 1.82) is 5.26 Å². The van der Waals surface area contributed by atoms with Gasteiger partial charge in [-0.05, 0) is 31.5 Å². The molecule has 0 unspecified atom stereocenters. The van der Waals surface area contributed by atoms with Crippen molar-refractivity contribution in [2.24, 2.45) is 0 Å². The maximum Gasteiger partial charge on any atom is 0.130 e. The molecule has 0 aliphatic carbocycles. The molecule has 0 aliphatic heterocycles. The molecular weight excluding hydrogens is 224 g/mol. The van der Waals surface area contributed by atoms with Crippen LogP contribution in [-0.4, -0.2) is 9.97 Å². The van der Waals surface area contributed by atoms with Crippen LogP contribution >= 0.6 is 0 Å². The van der Waals surface area contributed by atoms with Gasteiger partial charge in [-0.1, -0.05) is 12.1 Å². The molecule has 0 spiro atoms. The van der Waals surface area contributed by atoms with Crippen LogP contribution in [0.5, 0.6) is 0 Å². The molecule has 0 bridgehead atoms. The molecule has 0 saturated heterocycles. The molecule has 4 heteroatoms. The minimum atomic E-state index is 0.674. The minimum Gasteiger partial charge on any atom is -0.366 e. The largest absolute Gasteiger partial charge is 0.366 e. The van der Waals surface area contributed by atoms with Crippen LogP contribution in [0.15, 0.2) is 30.3 Å². The van der Waals surface area contributed by atoms with Gasteiger partial charge in [-0.25, -0.2) is 9.97 Å². The SMILES string of the molecule is Cc1cc(NCc2ccc(C#N)cc2)nc(C)n1. The van der Waals surface area contributed by atoms with Gasteiger partial charge in [0.25, 0.3) is 0 Å². The lowest BCUT2D eigenvalue weighted by atomic mass is 10.1. The van der Waals surface area contributed by atoms with E-state index in [4.69, 9.17) is 5.26 Å². The Hall–Kier alpha value is -2.41. The molecule has 2 aromatic rings. The molecule has 1 heterocycles. The normalized spacial score (nSPS) is 9.83. The van der Waals surface area contributed by atoms with Crippen molar-refractivity contribution < 1.29 is 0 Å². The number of nitriles is 1. The Labute approximate surface area is 106 Å². The van der Waals surface area contributed by atoms with Gasteiger partial charge in [0.15, 0.2) is 0 Å². The minimum absolute atomic E-state index is 0.674. The van der Waals surface area contributed by atoms with E-state index < -0.39 is 0 Å². The first-order chi connectivity index (χ1) is 8.67. The zero-order chi connectivity index (χ0) is 13.0. The fourth-order valence-electron chi connectivity index (χ4n) is 1.70. The number of anilines is 1. The molecule has 1 aromatic heterocycles. The molecule has 0 aliphatic rings. The van der Waals surface area contributed by atoms with Gasteiger partial charge in [-0.3, -0.25) is 0 Å². The Morgan fingerprint density at radius 2 is 1.89 bits per heavy atom. The summed E-state index contributed by atoms with van der Waals surface area (Å²) in [6, 6.07) is 11.5. The van der Waals surface area contributed by atoms with Crippen molar-refractivity contribution in [1.82, 2.24) is 9.97 Å². The van der Waals surface area contributed by atoms with E-state index in [-0.39, 0.29) is 0 Å². The van der Waals surface area contributed by atoms with Crippen molar-refractivity contribution in [2.45, 2.75) is 20.4 Å². The average molecular weight is 238 g/mol. The molecule has 90 valence electrons. The molecule has 4 nitrogen and oxygen atoms in total. The molecule has 1 aromatic carbocycles. The molecule has 0 saturated carbocycles. The number of benzene rings is 1. The topological polar surface area (TPSA) is 61.6 Å². The predicted octanol–water partition coefficient (Wildman–Crippen LogP) is 2.58. The van der Waals surface area contributed by atoms with E-state index in [1.54, 1.807) is 0 Å². The smallest absolute Gasteiger partial charge is 0.130 e. The molecule has 0 atom stereocenters. The summed E-state index contributed by atoms with van der Waals surface area (Å²) in [5, 5.41) is 12.0. The third-order valence-electron chi connectivity index (χ3n) is 2.52. The lowest BCUT2D eigenvalue weighted by molar-refractivity contribution is 0.992. The number of hydrogen-bond acceptors (Lipinski definition) is 4. The molecule has 0 radical (unpaired) electrons. The van der Waals surface area contributed by atoms with Crippen LogP contribution in [0.1, 0.15) is 22.6 Å². The van der Waals surface area contributed by atoms with Crippen molar-refractivity contribution >= 4 is 5.82 Å². The quantitative estimate of drug-likeness (QED) is 0.892. The zero-order valence-corrected chi connectivity index (χ0v) is 10.4. The first-order valence-electron chi connectivity index (χ1n) is 5.72. The lowest BCUT2D eigenvalue weighted by Crippen LogP contribution is -2.03. The fraction of sp³-hybridized carbons (Fsp3) is 0.214. The van der Waals surface area contributed by atoms with Gasteiger partial charge in [0.2, 0.25) is 0 Å². The van der Waals surface area contributed by atoms with Gasteiger partial charge in [0.1, 0.15) is 11.6 Å². The van der Waals surface area contributed by atoms with Crippen LogP contribution in [0, 0.1) is 25.2 Å². The second kappa shape index (κ2) is 5.28. The first kappa shape index (κ1) is 12.1. The molecule has 2 rings (SSSR count). The molecule has 18 heavy (non-hydrogen) atoms. The Morgan fingerprint density at radius 1 is 1.17 bits per heavy atom. The lowest BCUT2D eigenvalue weighted by Gasteiger charge is -2.07. The Bertz CT molecular complexity index is 561. The van der Waals surface area contributed by atoms with Gasteiger partial charge < -0.3 is 5.32 Å². The van der Waals surface area contributed by atoms with Gasteiger partial charge in [0, 0.05) is 18.3 Å². The van der Waals surface area contributed by atoms with Crippen LogP contribution in [0.3, 0.4) is 0 Å². The van der Waals surface area contributed by atoms with Crippen LogP contribution in [0.2, 0.25) is 0 Å². The van der Waals surface area contributed by atoms with Crippen LogP contribution < -0.4 is 5.32 Å².